The third-order valence-electron chi connectivity index (χ3n) is 2.98. The number of hydrogen-bond donors (Lipinski definition) is 0. The summed E-state index contributed by atoms with van der Waals surface area (Å²) in [7, 11) is 0. The molecular formula is C15H17IO2. The minimum absolute atomic E-state index is 0.0737. The minimum Gasteiger partial charge on any atom is -0.294 e. The van der Waals surface area contributed by atoms with Gasteiger partial charge < -0.3 is 0 Å². The summed E-state index contributed by atoms with van der Waals surface area (Å²) >= 11 is -0.612. The van der Waals surface area contributed by atoms with Crippen LogP contribution in [0.3, 0.4) is 0 Å². The zero-order valence-corrected chi connectivity index (χ0v) is 13.1. The van der Waals surface area contributed by atoms with Gasteiger partial charge in [0.1, 0.15) is 0 Å². The first-order chi connectivity index (χ1) is 8.37. The molecule has 0 unspecified atom stereocenters. The van der Waals surface area contributed by atoms with Gasteiger partial charge in [0.05, 0.1) is 3.51 Å². The molecule has 1 aromatic rings. The van der Waals surface area contributed by atoms with E-state index in [4.69, 9.17) is 0 Å². The molecule has 3 heteroatoms. The molecule has 0 atom stereocenters. The van der Waals surface area contributed by atoms with Gasteiger partial charge in [-0.3, -0.25) is 9.59 Å². The Kier molecular flexibility index (Phi) is 3.80. The predicted molar refractivity (Wildman–Crippen MR) is 81.9 cm³/mol. The summed E-state index contributed by atoms with van der Waals surface area (Å²) in [4.78, 5) is 24.1. The Morgan fingerprint density at radius 1 is 1.00 bits per heavy atom. The molecule has 2 nitrogen and oxygen atoms in total. The van der Waals surface area contributed by atoms with Crippen LogP contribution in [0.4, 0.5) is 0 Å². The third-order valence-corrected chi connectivity index (χ3v) is 6.07. The molecule has 1 aliphatic carbocycles. The summed E-state index contributed by atoms with van der Waals surface area (Å²) in [5.41, 5.74) is 1.05. The Bertz CT molecular complexity index is 502. The molecule has 1 aromatic carbocycles. The predicted octanol–water partition coefficient (Wildman–Crippen LogP) is 3.27. The minimum atomic E-state index is -0.612. The number of benzene rings is 1. The molecule has 0 radical (unpaired) electrons. The molecule has 2 rings (SSSR count). The second kappa shape index (κ2) is 5.03. The SMILES string of the molecule is Cc1ccc(I=C2C(=O)CC(C)(C)CC2=O)cc1. The highest BCUT2D eigenvalue weighted by atomic mass is 127. The van der Waals surface area contributed by atoms with E-state index in [0.29, 0.717) is 16.4 Å². The molecule has 0 N–H and O–H groups in total. The topological polar surface area (TPSA) is 34.1 Å². The Labute approximate surface area is 118 Å². The van der Waals surface area contributed by atoms with Gasteiger partial charge in [-0.25, -0.2) is 0 Å². The van der Waals surface area contributed by atoms with Gasteiger partial charge in [0, 0.05) is 16.4 Å². The maximum absolute atomic E-state index is 12.1. The fourth-order valence-electron chi connectivity index (χ4n) is 2.05. The van der Waals surface area contributed by atoms with Crippen LogP contribution in [0.25, 0.3) is 0 Å². The van der Waals surface area contributed by atoms with E-state index in [1.165, 1.54) is 5.56 Å². The molecule has 18 heavy (non-hydrogen) atoms. The fraction of sp³-hybridized carbons (Fsp3) is 0.400. The third kappa shape index (κ3) is 3.13. The molecule has 0 spiro atoms. The van der Waals surface area contributed by atoms with Crippen LogP contribution in [-0.2, 0) is 9.59 Å². The lowest BCUT2D eigenvalue weighted by molar-refractivity contribution is -0.122. The summed E-state index contributed by atoms with van der Waals surface area (Å²) in [5.74, 6) is 0.147. The van der Waals surface area contributed by atoms with Crippen molar-refractivity contribution in [2.45, 2.75) is 33.6 Å². The summed E-state index contributed by atoms with van der Waals surface area (Å²) in [6.45, 7) is 6.02. The highest BCUT2D eigenvalue weighted by Crippen LogP contribution is 2.32. The first kappa shape index (κ1) is 13.6. The van der Waals surface area contributed by atoms with E-state index in [9.17, 15) is 9.59 Å². The number of carbonyl (C=O) groups is 2. The van der Waals surface area contributed by atoms with Crippen molar-refractivity contribution in [2.24, 2.45) is 5.41 Å². The van der Waals surface area contributed by atoms with Crippen molar-refractivity contribution < 1.29 is 9.59 Å². The molecule has 0 saturated heterocycles. The van der Waals surface area contributed by atoms with Crippen molar-refractivity contribution in [2.75, 3.05) is 0 Å². The number of carbonyl (C=O) groups excluding carboxylic acids is 2. The molecule has 0 aliphatic heterocycles. The average molecular weight is 356 g/mol. The number of rotatable bonds is 1. The summed E-state index contributed by atoms with van der Waals surface area (Å²) in [5, 5.41) is 0. The molecule has 96 valence electrons. The van der Waals surface area contributed by atoms with Crippen molar-refractivity contribution in [3.8, 4) is 0 Å². The first-order valence-corrected chi connectivity index (χ1v) is 8.18. The number of halogens is 1. The Morgan fingerprint density at radius 3 is 2.00 bits per heavy atom. The summed E-state index contributed by atoms with van der Waals surface area (Å²) in [6.07, 6.45) is 1.03. The van der Waals surface area contributed by atoms with E-state index in [1.54, 1.807) is 0 Å². The second-order valence-corrected chi connectivity index (χ2v) is 8.43. The van der Waals surface area contributed by atoms with Crippen LogP contribution in [0.5, 0.6) is 0 Å². The number of ketones is 2. The Balaban J connectivity index is 2.30. The van der Waals surface area contributed by atoms with E-state index >= 15 is 0 Å². The van der Waals surface area contributed by atoms with Crippen LogP contribution < -0.4 is 0 Å². The van der Waals surface area contributed by atoms with Gasteiger partial charge in [-0.05, 0) is 24.5 Å². The van der Waals surface area contributed by atoms with E-state index in [-0.39, 0.29) is 17.0 Å². The van der Waals surface area contributed by atoms with E-state index in [0.717, 1.165) is 3.57 Å². The van der Waals surface area contributed by atoms with Crippen LogP contribution >= 0.6 is 20.7 Å². The molecule has 0 aromatic heterocycles. The lowest BCUT2D eigenvalue weighted by atomic mass is 9.76. The number of hydrogen-bond acceptors (Lipinski definition) is 2. The molecule has 0 heterocycles. The van der Waals surface area contributed by atoms with E-state index in [2.05, 4.69) is 0 Å². The Morgan fingerprint density at radius 2 is 1.50 bits per heavy atom. The molecule has 0 amide bonds. The van der Waals surface area contributed by atoms with Gasteiger partial charge in [-0.1, -0.05) is 52.3 Å². The molecular weight excluding hydrogens is 339 g/mol. The van der Waals surface area contributed by atoms with Crippen LogP contribution in [0.1, 0.15) is 32.3 Å². The maximum atomic E-state index is 12.1. The van der Waals surface area contributed by atoms with Crippen molar-refractivity contribution in [1.82, 2.24) is 0 Å². The van der Waals surface area contributed by atoms with E-state index < -0.39 is 20.7 Å². The highest BCUT2D eigenvalue weighted by Gasteiger charge is 2.35. The van der Waals surface area contributed by atoms with Crippen molar-refractivity contribution >= 4 is 35.8 Å². The van der Waals surface area contributed by atoms with Crippen molar-refractivity contribution in [1.29, 1.82) is 0 Å². The number of Topliss-reactive ketones (excluding diaryl/α,β-unsaturated/α-hetero) is 2. The average Bonchev–Trinajstić information content (AvgIpc) is 2.24. The summed E-state index contributed by atoms with van der Waals surface area (Å²) < 4.78 is 1.74. The Hall–Kier alpha value is -0.840. The standard InChI is InChI=1S/C15H17IO2/c1-10-4-6-11(7-5-10)16-14-12(17)8-15(2,3)9-13(14)18/h4-7H,8-9H2,1-3H3. The first-order valence-electron chi connectivity index (χ1n) is 6.02. The van der Waals surface area contributed by atoms with Crippen LogP contribution in [0.15, 0.2) is 24.3 Å². The molecule has 1 fully saturated rings. The van der Waals surface area contributed by atoms with Gasteiger partial charge in [-0.2, -0.15) is 0 Å². The second-order valence-electron chi connectivity index (χ2n) is 5.57. The van der Waals surface area contributed by atoms with Gasteiger partial charge in [-0.15, -0.1) is 0 Å². The largest absolute Gasteiger partial charge is 0.294 e. The van der Waals surface area contributed by atoms with Gasteiger partial charge in [0.2, 0.25) is 0 Å². The van der Waals surface area contributed by atoms with E-state index in [1.807, 2.05) is 45.0 Å². The van der Waals surface area contributed by atoms with Crippen LogP contribution in [-0.4, -0.2) is 15.1 Å². The normalized spacial score (nSPS) is 19.2. The smallest absolute Gasteiger partial charge is 0.172 e. The quantitative estimate of drug-likeness (QED) is 0.724. The zero-order valence-electron chi connectivity index (χ0n) is 10.9. The maximum Gasteiger partial charge on any atom is 0.172 e. The summed E-state index contributed by atoms with van der Waals surface area (Å²) in [6, 6.07) is 8.15. The van der Waals surface area contributed by atoms with Gasteiger partial charge in [0.15, 0.2) is 11.6 Å². The molecule has 0 bridgehead atoms. The van der Waals surface area contributed by atoms with Gasteiger partial charge >= 0.3 is 0 Å². The lowest BCUT2D eigenvalue weighted by Crippen LogP contribution is -2.36. The van der Waals surface area contributed by atoms with Crippen molar-refractivity contribution in [3.63, 3.8) is 0 Å². The lowest BCUT2D eigenvalue weighted by Gasteiger charge is -2.28. The molecule has 1 saturated carbocycles. The van der Waals surface area contributed by atoms with Crippen LogP contribution in [0, 0.1) is 15.9 Å². The van der Waals surface area contributed by atoms with Crippen LogP contribution in [0.2, 0.25) is 0 Å². The monoisotopic (exact) mass is 356 g/mol. The molecule has 1 aliphatic rings. The fourth-order valence-corrected chi connectivity index (χ4v) is 4.38. The zero-order chi connectivity index (χ0) is 13.3. The highest BCUT2D eigenvalue weighted by molar-refractivity contribution is 14.2. The van der Waals surface area contributed by atoms with Crippen molar-refractivity contribution in [3.05, 3.63) is 33.4 Å². The number of aryl methyl sites for hydroxylation is 1. The van der Waals surface area contributed by atoms with Gasteiger partial charge in [0.25, 0.3) is 0 Å².